The number of aromatic carboxylic acids is 1. The highest BCUT2D eigenvalue weighted by atomic mass is 16.4. The number of rotatable bonds is 3. The van der Waals surface area contributed by atoms with E-state index in [9.17, 15) is 9.59 Å². The Morgan fingerprint density at radius 1 is 1.36 bits per heavy atom. The quantitative estimate of drug-likeness (QED) is 0.736. The lowest BCUT2D eigenvalue weighted by molar-refractivity contribution is 0.0686. The lowest BCUT2D eigenvalue weighted by Crippen LogP contribution is -2.12. The first-order valence-electron chi connectivity index (χ1n) is 4.54. The minimum atomic E-state index is -0.998. The van der Waals surface area contributed by atoms with Crippen LogP contribution in [0.5, 0.6) is 0 Å². The molecular weight excluding hydrogens is 182 g/mol. The van der Waals surface area contributed by atoms with E-state index >= 15 is 0 Å². The number of hydrogen-bond donors (Lipinski definition) is 1. The smallest absolute Gasteiger partial charge is 0.352 e. The van der Waals surface area contributed by atoms with Gasteiger partial charge < -0.3 is 9.67 Å². The third kappa shape index (κ3) is 1.32. The van der Waals surface area contributed by atoms with E-state index in [4.69, 9.17) is 5.11 Å². The van der Waals surface area contributed by atoms with Crippen molar-refractivity contribution in [3.05, 3.63) is 23.5 Å². The van der Waals surface area contributed by atoms with Crippen LogP contribution in [0, 0.1) is 5.92 Å². The van der Waals surface area contributed by atoms with E-state index in [-0.39, 0.29) is 17.4 Å². The van der Waals surface area contributed by atoms with Crippen LogP contribution in [0.2, 0.25) is 0 Å². The lowest BCUT2D eigenvalue weighted by atomic mass is 10.2. The molecule has 4 heteroatoms. The van der Waals surface area contributed by atoms with Crippen molar-refractivity contribution in [1.29, 1.82) is 0 Å². The van der Waals surface area contributed by atoms with Crippen LogP contribution in [0.4, 0.5) is 0 Å². The molecular formula is C10H11NO3. The number of nitrogens with zero attached hydrogens (tertiary/aromatic N) is 1. The third-order valence-corrected chi connectivity index (χ3v) is 2.54. The number of Topliss-reactive ketones (excluding diaryl/α,β-unsaturated/α-hetero) is 1. The Kier molecular flexibility index (Phi) is 1.91. The molecule has 0 aromatic carbocycles. The molecule has 0 unspecified atom stereocenters. The van der Waals surface area contributed by atoms with Gasteiger partial charge in [0, 0.05) is 13.0 Å². The molecule has 1 aliphatic carbocycles. The maximum atomic E-state index is 11.6. The Bertz CT molecular complexity index is 401. The van der Waals surface area contributed by atoms with Crippen molar-refractivity contribution in [1.82, 2.24) is 4.57 Å². The van der Waals surface area contributed by atoms with E-state index in [1.54, 1.807) is 13.1 Å². The average molecular weight is 193 g/mol. The molecule has 0 radical (unpaired) electrons. The number of carbonyl (C=O) groups excluding carboxylic acids is 1. The Hall–Kier alpha value is -1.58. The molecule has 1 saturated carbocycles. The maximum absolute atomic E-state index is 11.6. The number of hydrogen-bond acceptors (Lipinski definition) is 2. The molecule has 1 N–H and O–H groups in total. The second kappa shape index (κ2) is 2.97. The Balaban J connectivity index is 2.34. The molecule has 0 amide bonds. The van der Waals surface area contributed by atoms with E-state index in [1.165, 1.54) is 10.6 Å². The summed E-state index contributed by atoms with van der Waals surface area (Å²) in [4.78, 5) is 22.4. The summed E-state index contributed by atoms with van der Waals surface area (Å²) in [6.07, 6.45) is 1.87. The topological polar surface area (TPSA) is 59.3 Å². The Morgan fingerprint density at radius 3 is 2.36 bits per heavy atom. The van der Waals surface area contributed by atoms with Gasteiger partial charge in [-0.15, -0.1) is 0 Å². The van der Waals surface area contributed by atoms with E-state index in [0.29, 0.717) is 5.69 Å². The first-order valence-corrected chi connectivity index (χ1v) is 4.54. The molecule has 14 heavy (non-hydrogen) atoms. The zero-order chi connectivity index (χ0) is 10.3. The Morgan fingerprint density at radius 2 is 1.93 bits per heavy atom. The highest BCUT2D eigenvalue weighted by Crippen LogP contribution is 2.32. The van der Waals surface area contributed by atoms with Gasteiger partial charge in [-0.25, -0.2) is 4.79 Å². The molecule has 0 aliphatic heterocycles. The maximum Gasteiger partial charge on any atom is 0.352 e. The minimum Gasteiger partial charge on any atom is -0.477 e. The number of aromatic nitrogens is 1. The van der Waals surface area contributed by atoms with Crippen molar-refractivity contribution < 1.29 is 14.7 Å². The molecule has 4 nitrogen and oxygen atoms in total. The van der Waals surface area contributed by atoms with E-state index in [2.05, 4.69) is 0 Å². The first-order chi connectivity index (χ1) is 6.61. The fourth-order valence-electron chi connectivity index (χ4n) is 1.53. The molecule has 1 aliphatic rings. The summed E-state index contributed by atoms with van der Waals surface area (Å²) in [5.74, 6) is -0.799. The number of ketones is 1. The van der Waals surface area contributed by atoms with Crippen molar-refractivity contribution in [2.75, 3.05) is 0 Å². The van der Waals surface area contributed by atoms with Gasteiger partial charge in [-0.05, 0) is 25.0 Å². The third-order valence-electron chi connectivity index (χ3n) is 2.54. The van der Waals surface area contributed by atoms with Gasteiger partial charge in [-0.1, -0.05) is 0 Å². The van der Waals surface area contributed by atoms with Gasteiger partial charge in [0.25, 0.3) is 0 Å². The number of carbonyl (C=O) groups is 2. The van der Waals surface area contributed by atoms with Crippen molar-refractivity contribution >= 4 is 11.8 Å². The van der Waals surface area contributed by atoms with Crippen LogP contribution < -0.4 is 0 Å². The van der Waals surface area contributed by atoms with Crippen LogP contribution in [0.3, 0.4) is 0 Å². The van der Waals surface area contributed by atoms with Crippen LogP contribution >= 0.6 is 0 Å². The fourth-order valence-corrected chi connectivity index (χ4v) is 1.53. The molecule has 74 valence electrons. The standard InChI is InChI=1S/C10H11NO3/c1-11-7(9(12)6-2-3-6)4-5-8(11)10(13)14/h4-6H,2-3H2,1H3,(H,13,14). The molecule has 0 saturated heterocycles. The zero-order valence-corrected chi connectivity index (χ0v) is 7.86. The van der Waals surface area contributed by atoms with E-state index in [0.717, 1.165) is 12.8 Å². The van der Waals surface area contributed by atoms with Gasteiger partial charge >= 0.3 is 5.97 Å². The number of carboxylic acids is 1. The molecule has 0 atom stereocenters. The van der Waals surface area contributed by atoms with Gasteiger partial charge in [0.15, 0.2) is 5.78 Å². The van der Waals surface area contributed by atoms with Gasteiger partial charge in [-0.2, -0.15) is 0 Å². The molecule has 1 heterocycles. The summed E-state index contributed by atoms with van der Waals surface area (Å²) in [5.41, 5.74) is 0.666. The summed E-state index contributed by atoms with van der Waals surface area (Å²) in [7, 11) is 1.61. The summed E-state index contributed by atoms with van der Waals surface area (Å²) < 4.78 is 1.45. The van der Waals surface area contributed by atoms with Gasteiger partial charge in [-0.3, -0.25) is 4.79 Å². The van der Waals surface area contributed by atoms with Crippen molar-refractivity contribution in [3.63, 3.8) is 0 Å². The highest BCUT2D eigenvalue weighted by Gasteiger charge is 2.32. The molecule has 1 fully saturated rings. The summed E-state index contributed by atoms with van der Waals surface area (Å²) in [6, 6.07) is 3.06. The highest BCUT2D eigenvalue weighted by molar-refractivity contribution is 5.99. The first kappa shape index (κ1) is 8.99. The van der Waals surface area contributed by atoms with E-state index in [1.807, 2.05) is 0 Å². The molecule has 0 bridgehead atoms. The molecule has 1 aromatic rings. The summed E-state index contributed by atoms with van der Waals surface area (Å²) in [6.45, 7) is 0. The molecule has 2 rings (SSSR count). The molecule has 0 spiro atoms. The monoisotopic (exact) mass is 193 g/mol. The summed E-state index contributed by atoms with van der Waals surface area (Å²) >= 11 is 0. The lowest BCUT2D eigenvalue weighted by Gasteiger charge is -2.02. The van der Waals surface area contributed by atoms with Gasteiger partial charge in [0.1, 0.15) is 5.69 Å². The molecule has 1 aromatic heterocycles. The number of carboxylic acid groups (broad SMARTS) is 1. The van der Waals surface area contributed by atoms with Crippen molar-refractivity contribution in [2.45, 2.75) is 12.8 Å². The van der Waals surface area contributed by atoms with Gasteiger partial charge in [0.05, 0.1) is 5.69 Å². The van der Waals surface area contributed by atoms with E-state index < -0.39 is 5.97 Å². The largest absolute Gasteiger partial charge is 0.477 e. The fraction of sp³-hybridized carbons (Fsp3) is 0.400. The SMILES string of the molecule is Cn1c(C(=O)O)ccc1C(=O)C1CC1. The van der Waals surface area contributed by atoms with Crippen molar-refractivity contribution in [2.24, 2.45) is 13.0 Å². The van der Waals surface area contributed by atoms with Gasteiger partial charge in [0.2, 0.25) is 0 Å². The van der Waals surface area contributed by atoms with Crippen LogP contribution in [-0.4, -0.2) is 21.4 Å². The average Bonchev–Trinajstić information content (AvgIpc) is 2.88. The minimum absolute atomic E-state index is 0.0694. The predicted octanol–water partition coefficient (Wildman–Crippen LogP) is 1.32. The van der Waals surface area contributed by atoms with Crippen LogP contribution in [0.25, 0.3) is 0 Å². The normalized spacial score (nSPS) is 15.5. The van der Waals surface area contributed by atoms with Crippen LogP contribution in [0.1, 0.15) is 33.8 Å². The van der Waals surface area contributed by atoms with Crippen molar-refractivity contribution in [3.8, 4) is 0 Å². The Labute approximate surface area is 81.2 Å². The predicted molar refractivity (Wildman–Crippen MR) is 49.4 cm³/mol. The van der Waals surface area contributed by atoms with Crippen LogP contribution in [-0.2, 0) is 7.05 Å². The van der Waals surface area contributed by atoms with Crippen LogP contribution in [0.15, 0.2) is 12.1 Å². The second-order valence-corrected chi connectivity index (χ2v) is 3.61. The zero-order valence-electron chi connectivity index (χ0n) is 7.86. The second-order valence-electron chi connectivity index (χ2n) is 3.61. The summed E-state index contributed by atoms with van der Waals surface area (Å²) in [5, 5.41) is 8.78.